The average molecular weight is 260 g/mol. The maximum absolute atomic E-state index is 11.4. The zero-order chi connectivity index (χ0) is 10.7. The van der Waals surface area contributed by atoms with E-state index >= 15 is 0 Å². The van der Waals surface area contributed by atoms with E-state index in [0.717, 1.165) is 16.7 Å². The number of hydrogen-bond donors (Lipinski definition) is 0. The molecule has 2 aromatic rings. The van der Waals surface area contributed by atoms with Gasteiger partial charge >= 0.3 is 96.8 Å². The zero-order valence-electron chi connectivity index (χ0n) is 8.01. The second-order valence-electron chi connectivity index (χ2n) is 3.20. The molecule has 2 heteroatoms. The van der Waals surface area contributed by atoms with E-state index in [2.05, 4.69) is 16.0 Å². The Hall–Kier alpha value is -1.37. The molecule has 0 atom stereocenters. The Morgan fingerprint density at radius 3 is 2.13 bits per heavy atom. The fourth-order valence-electron chi connectivity index (χ4n) is 1.53. The van der Waals surface area contributed by atoms with Gasteiger partial charge in [-0.1, -0.05) is 0 Å². The van der Waals surface area contributed by atoms with Crippen molar-refractivity contribution in [3.8, 4) is 11.1 Å². The summed E-state index contributed by atoms with van der Waals surface area (Å²) in [4.78, 5) is 11.4. The van der Waals surface area contributed by atoms with Crippen LogP contribution >= 0.6 is 0 Å². The molecule has 0 spiro atoms. The van der Waals surface area contributed by atoms with Gasteiger partial charge in [0.1, 0.15) is 0 Å². The Bertz CT molecular complexity index is 477. The molecule has 2 rings (SSSR count). The number of carbonyl (C=O) groups is 1. The second kappa shape index (κ2) is 4.43. The summed E-state index contributed by atoms with van der Waals surface area (Å²) in [5, 5.41) is 0. The van der Waals surface area contributed by atoms with E-state index in [0.29, 0.717) is 0 Å². The summed E-state index contributed by atoms with van der Waals surface area (Å²) in [6.07, 6.45) is 0. The third kappa shape index (κ3) is 2.17. The molecule has 0 aliphatic rings. The first-order valence-corrected chi connectivity index (χ1v) is 5.50. The molecule has 0 saturated heterocycles. The maximum atomic E-state index is 11.4. The molecule has 0 fully saturated rings. The third-order valence-electron chi connectivity index (χ3n) is 2.23. The van der Waals surface area contributed by atoms with E-state index in [9.17, 15) is 4.79 Å². The summed E-state index contributed by atoms with van der Waals surface area (Å²) in [5.74, 6) is 0. The Kier molecular flexibility index (Phi) is 3.00. The van der Waals surface area contributed by atoms with E-state index in [-0.39, 0.29) is 4.68 Å². The predicted octanol–water partition coefficient (Wildman–Crippen LogP) is 2.66. The molecule has 0 saturated carbocycles. The summed E-state index contributed by atoms with van der Waals surface area (Å²) in [6, 6.07) is 17.5. The van der Waals surface area contributed by atoms with Gasteiger partial charge in [0, 0.05) is 0 Å². The van der Waals surface area contributed by atoms with Crippen LogP contribution in [-0.2, 0) is 0 Å². The van der Waals surface area contributed by atoms with Gasteiger partial charge in [-0.3, -0.25) is 0 Å². The van der Waals surface area contributed by atoms with Crippen LogP contribution in [0.25, 0.3) is 11.1 Å². The van der Waals surface area contributed by atoms with Crippen molar-refractivity contribution in [2.45, 2.75) is 0 Å². The molecule has 0 N–H and O–H groups in total. The monoisotopic (exact) mass is 261 g/mol. The fourth-order valence-corrected chi connectivity index (χ4v) is 1.90. The summed E-state index contributed by atoms with van der Waals surface area (Å²) >= 11 is 2.53. The predicted molar refractivity (Wildman–Crippen MR) is 62.0 cm³/mol. The van der Waals surface area contributed by atoms with Crippen LogP contribution in [0.1, 0.15) is 10.4 Å². The van der Waals surface area contributed by atoms with Crippen molar-refractivity contribution in [1.82, 2.24) is 0 Å². The zero-order valence-corrected chi connectivity index (χ0v) is 9.73. The van der Waals surface area contributed by atoms with Crippen molar-refractivity contribution in [3.05, 3.63) is 60.2 Å². The second-order valence-corrected chi connectivity index (χ2v) is 3.98. The van der Waals surface area contributed by atoms with Gasteiger partial charge in [-0.05, 0) is 0 Å². The van der Waals surface area contributed by atoms with E-state index in [1.807, 2.05) is 54.6 Å². The van der Waals surface area contributed by atoms with E-state index < -0.39 is 0 Å². The van der Waals surface area contributed by atoms with Crippen LogP contribution in [-0.4, -0.2) is 20.7 Å². The molecular weight excluding hydrogens is 251 g/mol. The van der Waals surface area contributed by atoms with Gasteiger partial charge < -0.3 is 0 Å². The summed E-state index contributed by atoms with van der Waals surface area (Å²) < 4.78 is -0.0190. The Morgan fingerprint density at radius 1 is 0.867 bits per heavy atom. The molecule has 0 bridgehead atoms. The van der Waals surface area contributed by atoms with Crippen molar-refractivity contribution in [2.75, 3.05) is 0 Å². The van der Waals surface area contributed by atoms with Crippen molar-refractivity contribution in [1.29, 1.82) is 0 Å². The molecular formula is C13H9OSe. The number of benzene rings is 2. The van der Waals surface area contributed by atoms with Crippen LogP contribution in [0.5, 0.6) is 0 Å². The molecule has 1 radical (unpaired) electrons. The SMILES string of the molecule is O=C([Se])c1ccccc1-c1ccccc1. The molecule has 0 heterocycles. The normalized spacial score (nSPS) is 9.87. The molecule has 73 valence electrons. The van der Waals surface area contributed by atoms with Gasteiger partial charge in [0.2, 0.25) is 0 Å². The van der Waals surface area contributed by atoms with Crippen molar-refractivity contribution < 1.29 is 4.79 Å². The first-order valence-electron chi connectivity index (χ1n) is 4.65. The topological polar surface area (TPSA) is 17.1 Å². The Morgan fingerprint density at radius 2 is 1.47 bits per heavy atom. The molecule has 0 aromatic heterocycles. The van der Waals surface area contributed by atoms with Gasteiger partial charge in [-0.2, -0.15) is 0 Å². The van der Waals surface area contributed by atoms with Crippen LogP contribution in [0.3, 0.4) is 0 Å². The molecule has 1 nitrogen and oxygen atoms in total. The standard InChI is InChI=1S/C13H9OSe/c14-13(15)12-9-5-4-8-11(12)10-6-2-1-3-7-10/h1-9H. The minimum atomic E-state index is -0.0190. The average Bonchev–Trinajstić information content (AvgIpc) is 2.30. The van der Waals surface area contributed by atoms with Crippen LogP contribution in [0.15, 0.2) is 54.6 Å². The van der Waals surface area contributed by atoms with Crippen LogP contribution in [0.2, 0.25) is 0 Å². The van der Waals surface area contributed by atoms with E-state index in [4.69, 9.17) is 0 Å². The van der Waals surface area contributed by atoms with Gasteiger partial charge in [-0.25, -0.2) is 0 Å². The van der Waals surface area contributed by atoms with Gasteiger partial charge in [0.25, 0.3) is 0 Å². The van der Waals surface area contributed by atoms with Crippen molar-refractivity contribution in [3.63, 3.8) is 0 Å². The van der Waals surface area contributed by atoms with E-state index in [1.54, 1.807) is 0 Å². The van der Waals surface area contributed by atoms with Crippen LogP contribution < -0.4 is 0 Å². The fraction of sp³-hybridized carbons (Fsp3) is 0. The third-order valence-corrected chi connectivity index (χ3v) is 2.69. The summed E-state index contributed by atoms with van der Waals surface area (Å²) in [5.41, 5.74) is 2.77. The van der Waals surface area contributed by atoms with Gasteiger partial charge in [-0.15, -0.1) is 0 Å². The molecule has 2 aromatic carbocycles. The molecule has 0 aliphatic heterocycles. The quantitative estimate of drug-likeness (QED) is 0.759. The first-order chi connectivity index (χ1) is 7.29. The first kappa shape index (κ1) is 10.2. The number of carbonyl (C=O) groups excluding carboxylic acids is 1. The molecule has 15 heavy (non-hydrogen) atoms. The Balaban J connectivity index is 2.58. The number of hydrogen-bond acceptors (Lipinski definition) is 1. The van der Waals surface area contributed by atoms with E-state index in [1.165, 1.54) is 0 Å². The van der Waals surface area contributed by atoms with Crippen LogP contribution in [0.4, 0.5) is 0 Å². The summed E-state index contributed by atoms with van der Waals surface area (Å²) in [7, 11) is 0. The Labute approximate surface area is 97.0 Å². The van der Waals surface area contributed by atoms with Crippen LogP contribution in [0, 0.1) is 0 Å². The molecule has 0 aliphatic carbocycles. The molecule has 0 amide bonds. The van der Waals surface area contributed by atoms with Gasteiger partial charge in [0.15, 0.2) is 0 Å². The summed E-state index contributed by atoms with van der Waals surface area (Å²) in [6.45, 7) is 0. The number of rotatable bonds is 2. The van der Waals surface area contributed by atoms with Crippen molar-refractivity contribution in [2.24, 2.45) is 0 Å². The van der Waals surface area contributed by atoms with Crippen molar-refractivity contribution >= 4 is 20.7 Å². The minimum absolute atomic E-state index is 0.0190. The molecule has 0 unspecified atom stereocenters. The van der Waals surface area contributed by atoms with Gasteiger partial charge in [0.05, 0.1) is 0 Å².